The summed E-state index contributed by atoms with van der Waals surface area (Å²) in [4.78, 5) is 24.1. The van der Waals surface area contributed by atoms with Crippen LogP contribution in [0.2, 0.25) is 0 Å². The van der Waals surface area contributed by atoms with Crippen LogP contribution in [0.4, 0.5) is 0 Å². The van der Waals surface area contributed by atoms with Crippen molar-refractivity contribution in [2.24, 2.45) is 0 Å². The number of carbonyl (C=O) groups is 2. The molecule has 0 N–H and O–H groups in total. The van der Waals surface area contributed by atoms with Gasteiger partial charge >= 0.3 is 5.97 Å². The van der Waals surface area contributed by atoms with E-state index < -0.39 is 22.4 Å². The fourth-order valence-electron chi connectivity index (χ4n) is 3.27. The van der Waals surface area contributed by atoms with Gasteiger partial charge in [-0.1, -0.05) is 0 Å². The zero-order valence-corrected chi connectivity index (χ0v) is 14.8. The summed E-state index contributed by atoms with van der Waals surface area (Å²) in [7, 11) is -3.02. The van der Waals surface area contributed by atoms with E-state index in [0.717, 1.165) is 5.69 Å². The molecule has 0 saturated carbocycles. The number of rotatable bonds is 5. The molecule has 3 rings (SSSR count). The van der Waals surface area contributed by atoms with Crippen molar-refractivity contribution in [2.75, 3.05) is 18.1 Å². The van der Waals surface area contributed by atoms with Crippen LogP contribution in [0.5, 0.6) is 0 Å². The lowest BCUT2D eigenvalue weighted by atomic mass is 10.1. The number of hydrogen-bond donors (Lipinski definition) is 0. The maximum absolute atomic E-state index is 12.4. The Labute approximate surface area is 145 Å². The molecule has 1 saturated heterocycles. The number of sulfone groups is 1. The SMILES string of the molecule is Cc1cc(C(=O)COC(=O)c2ccco2)c(C)n1[C@@H]1CCS(=O)(=O)C1. The molecule has 2 aromatic rings. The molecule has 0 amide bonds. The first kappa shape index (κ1) is 17.5. The molecule has 1 aliphatic rings. The quantitative estimate of drug-likeness (QED) is 0.595. The van der Waals surface area contributed by atoms with Crippen molar-refractivity contribution in [1.82, 2.24) is 4.57 Å². The monoisotopic (exact) mass is 365 g/mol. The Morgan fingerprint density at radius 2 is 2.12 bits per heavy atom. The molecule has 3 heterocycles. The highest BCUT2D eigenvalue weighted by Crippen LogP contribution is 2.29. The lowest BCUT2D eigenvalue weighted by molar-refractivity contribution is 0.0443. The van der Waals surface area contributed by atoms with Crippen molar-refractivity contribution < 1.29 is 27.2 Å². The summed E-state index contributed by atoms with van der Waals surface area (Å²) >= 11 is 0. The van der Waals surface area contributed by atoms with Gasteiger partial charge in [-0.3, -0.25) is 4.79 Å². The minimum atomic E-state index is -3.02. The van der Waals surface area contributed by atoms with E-state index in [9.17, 15) is 18.0 Å². The van der Waals surface area contributed by atoms with Crippen molar-refractivity contribution in [1.29, 1.82) is 0 Å². The lowest BCUT2D eigenvalue weighted by Crippen LogP contribution is -2.16. The minimum Gasteiger partial charge on any atom is -0.457 e. The molecule has 0 bridgehead atoms. The molecule has 0 aromatic carbocycles. The number of furan rings is 1. The summed E-state index contributed by atoms with van der Waals surface area (Å²) < 4.78 is 35.2. The average molecular weight is 365 g/mol. The normalized spacial score (nSPS) is 19.0. The van der Waals surface area contributed by atoms with Crippen molar-refractivity contribution in [3.05, 3.63) is 47.2 Å². The van der Waals surface area contributed by atoms with E-state index in [2.05, 4.69) is 0 Å². The maximum Gasteiger partial charge on any atom is 0.374 e. The molecular formula is C17H19NO6S. The van der Waals surface area contributed by atoms with Crippen LogP contribution in [0.25, 0.3) is 0 Å². The van der Waals surface area contributed by atoms with Crippen molar-refractivity contribution in [2.45, 2.75) is 26.3 Å². The number of Topliss-reactive ketones (excluding diaryl/α,β-unsaturated/α-hetero) is 1. The van der Waals surface area contributed by atoms with Crippen LogP contribution in [0, 0.1) is 13.8 Å². The number of nitrogens with zero attached hydrogens (tertiary/aromatic N) is 1. The molecule has 1 atom stereocenters. The second-order valence-electron chi connectivity index (χ2n) is 6.19. The van der Waals surface area contributed by atoms with Crippen molar-refractivity contribution >= 4 is 21.6 Å². The first-order valence-corrected chi connectivity index (χ1v) is 9.73. The van der Waals surface area contributed by atoms with Crippen LogP contribution in [0.15, 0.2) is 28.9 Å². The Morgan fingerprint density at radius 3 is 2.72 bits per heavy atom. The smallest absolute Gasteiger partial charge is 0.374 e. The van der Waals surface area contributed by atoms with Gasteiger partial charge in [-0.15, -0.1) is 0 Å². The third kappa shape index (κ3) is 3.53. The third-order valence-electron chi connectivity index (χ3n) is 4.42. The van der Waals surface area contributed by atoms with E-state index in [1.54, 1.807) is 19.1 Å². The second-order valence-corrected chi connectivity index (χ2v) is 8.42. The van der Waals surface area contributed by atoms with Gasteiger partial charge in [0.2, 0.25) is 11.5 Å². The van der Waals surface area contributed by atoms with Gasteiger partial charge in [-0.25, -0.2) is 13.2 Å². The molecule has 1 aliphatic heterocycles. The molecule has 0 unspecified atom stereocenters. The van der Waals surface area contributed by atoms with E-state index in [-0.39, 0.29) is 29.1 Å². The summed E-state index contributed by atoms with van der Waals surface area (Å²) in [5, 5.41) is 0. The lowest BCUT2D eigenvalue weighted by Gasteiger charge is -2.16. The molecule has 7 nitrogen and oxygen atoms in total. The van der Waals surface area contributed by atoms with E-state index in [1.807, 2.05) is 11.5 Å². The van der Waals surface area contributed by atoms with E-state index in [0.29, 0.717) is 17.7 Å². The number of carbonyl (C=O) groups excluding carboxylic acids is 2. The van der Waals surface area contributed by atoms with Crippen molar-refractivity contribution in [3.63, 3.8) is 0 Å². The molecule has 0 spiro atoms. The van der Waals surface area contributed by atoms with Gasteiger partial charge < -0.3 is 13.7 Å². The standard InChI is InChI=1S/C17H19NO6S/c1-11-8-14(12(2)18(11)13-5-7-25(21,22)10-13)15(19)9-24-17(20)16-4-3-6-23-16/h3-4,6,8,13H,5,7,9-10H2,1-2H3/t13-/m1/s1. The average Bonchev–Trinajstić information content (AvgIpc) is 3.25. The largest absolute Gasteiger partial charge is 0.457 e. The highest BCUT2D eigenvalue weighted by atomic mass is 32.2. The van der Waals surface area contributed by atoms with Gasteiger partial charge in [0, 0.05) is 23.0 Å². The highest BCUT2D eigenvalue weighted by molar-refractivity contribution is 7.91. The fourth-order valence-corrected chi connectivity index (χ4v) is 4.97. The van der Waals surface area contributed by atoms with E-state index >= 15 is 0 Å². The first-order chi connectivity index (χ1) is 11.8. The van der Waals surface area contributed by atoms with Gasteiger partial charge in [0.25, 0.3) is 0 Å². The minimum absolute atomic E-state index is 0.0365. The van der Waals surface area contributed by atoms with Crippen LogP contribution >= 0.6 is 0 Å². The zero-order chi connectivity index (χ0) is 18.2. The summed E-state index contributed by atoms with van der Waals surface area (Å²) in [6, 6.07) is 4.57. The first-order valence-electron chi connectivity index (χ1n) is 7.91. The number of aryl methyl sites for hydroxylation is 1. The Morgan fingerprint density at radius 1 is 1.36 bits per heavy atom. The van der Waals surface area contributed by atoms with E-state index in [1.165, 1.54) is 12.3 Å². The number of esters is 1. The van der Waals surface area contributed by atoms with Gasteiger partial charge in [0.05, 0.1) is 17.8 Å². The van der Waals surface area contributed by atoms with Gasteiger partial charge in [-0.05, 0) is 38.5 Å². The maximum atomic E-state index is 12.4. The van der Waals surface area contributed by atoms with Crippen LogP contribution in [0.1, 0.15) is 44.8 Å². The number of ketones is 1. The van der Waals surface area contributed by atoms with Crippen LogP contribution in [-0.2, 0) is 14.6 Å². The fraction of sp³-hybridized carbons (Fsp3) is 0.412. The Bertz CT molecular complexity index is 907. The molecule has 1 fully saturated rings. The molecule has 0 aliphatic carbocycles. The van der Waals surface area contributed by atoms with Crippen LogP contribution in [0.3, 0.4) is 0 Å². The highest BCUT2D eigenvalue weighted by Gasteiger charge is 2.31. The Hall–Kier alpha value is -2.35. The van der Waals surface area contributed by atoms with Gasteiger partial charge in [0.1, 0.15) is 0 Å². The summed E-state index contributed by atoms with van der Waals surface area (Å²) in [6.45, 7) is 3.22. The molecule has 2 aromatic heterocycles. The molecular weight excluding hydrogens is 346 g/mol. The summed E-state index contributed by atoms with van der Waals surface area (Å²) in [5.41, 5.74) is 1.95. The predicted molar refractivity (Wildman–Crippen MR) is 89.5 cm³/mol. The van der Waals surface area contributed by atoms with Crippen LogP contribution < -0.4 is 0 Å². The predicted octanol–water partition coefficient (Wildman–Crippen LogP) is 2.10. The summed E-state index contributed by atoms with van der Waals surface area (Å²) in [5.74, 6) is -0.743. The third-order valence-corrected chi connectivity index (χ3v) is 6.17. The number of hydrogen-bond acceptors (Lipinski definition) is 6. The Balaban J connectivity index is 1.73. The molecule has 25 heavy (non-hydrogen) atoms. The molecule has 134 valence electrons. The molecule has 0 radical (unpaired) electrons. The Kier molecular flexibility index (Phi) is 4.55. The summed E-state index contributed by atoms with van der Waals surface area (Å²) in [6.07, 6.45) is 1.89. The second kappa shape index (κ2) is 6.51. The number of aromatic nitrogens is 1. The van der Waals surface area contributed by atoms with Crippen molar-refractivity contribution in [3.8, 4) is 0 Å². The van der Waals surface area contributed by atoms with Crippen LogP contribution in [-0.4, -0.2) is 42.9 Å². The molecule has 8 heteroatoms. The topological polar surface area (TPSA) is 95.6 Å². The zero-order valence-electron chi connectivity index (χ0n) is 14.0. The van der Waals surface area contributed by atoms with E-state index in [4.69, 9.17) is 9.15 Å². The number of ether oxygens (including phenoxy) is 1. The van der Waals surface area contributed by atoms with Gasteiger partial charge in [0.15, 0.2) is 16.4 Å². The van der Waals surface area contributed by atoms with Gasteiger partial charge in [-0.2, -0.15) is 0 Å².